The van der Waals surface area contributed by atoms with E-state index in [-0.39, 0.29) is 31.6 Å². The van der Waals surface area contributed by atoms with Crippen molar-refractivity contribution in [1.82, 2.24) is 4.90 Å². The lowest BCUT2D eigenvalue weighted by atomic mass is 10.1. The first-order chi connectivity index (χ1) is 13.1. The maximum absolute atomic E-state index is 12.1. The summed E-state index contributed by atoms with van der Waals surface area (Å²) in [6, 6.07) is 9.24. The second-order valence-electron chi connectivity index (χ2n) is 5.99. The van der Waals surface area contributed by atoms with E-state index >= 15 is 0 Å². The minimum absolute atomic E-state index is 0.0299. The summed E-state index contributed by atoms with van der Waals surface area (Å²) in [5.74, 6) is -1.06. The van der Waals surface area contributed by atoms with Crippen LogP contribution in [0.4, 0.5) is 4.79 Å². The van der Waals surface area contributed by atoms with Crippen molar-refractivity contribution in [2.24, 2.45) is 0 Å². The topological polar surface area (TPSA) is 93.1 Å². The molecule has 1 fully saturated rings. The molecule has 0 aliphatic carbocycles. The summed E-state index contributed by atoms with van der Waals surface area (Å²) in [4.78, 5) is 36.0. The van der Waals surface area contributed by atoms with Gasteiger partial charge in [0.1, 0.15) is 6.61 Å². The van der Waals surface area contributed by atoms with Crippen molar-refractivity contribution in [2.75, 3.05) is 26.4 Å². The van der Waals surface area contributed by atoms with Crippen molar-refractivity contribution < 1.29 is 29.0 Å². The fourth-order valence-electron chi connectivity index (χ4n) is 2.60. The minimum Gasteiger partial charge on any atom is -0.480 e. The van der Waals surface area contributed by atoms with Crippen LogP contribution in [0.25, 0.3) is 0 Å². The van der Waals surface area contributed by atoms with Crippen molar-refractivity contribution in [2.45, 2.75) is 18.9 Å². The van der Waals surface area contributed by atoms with Gasteiger partial charge in [-0.15, -0.1) is 0 Å². The van der Waals surface area contributed by atoms with Gasteiger partial charge in [0.25, 0.3) is 0 Å². The molecule has 7 nitrogen and oxygen atoms in total. The van der Waals surface area contributed by atoms with Gasteiger partial charge < -0.3 is 14.6 Å². The molecule has 1 aliphatic rings. The monoisotopic (exact) mass is 373 g/mol. The fourth-order valence-corrected chi connectivity index (χ4v) is 2.60. The van der Waals surface area contributed by atoms with Gasteiger partial charge in [-0.2, -0.15) is 0 Å². The molecule has 0 aromatic heterocycles. The maximum atomic E-state index is 12.1. The van der Waals surface area contributed by atoms with E-state index < -0.39 is 12.1 Å². The van der Waals surface area contributed by atoms with Crippen molar-refractivity contribution in [3.8, 4) is 0 Å². The molecule has 1 aromatic rings. The van der Waals surface area contributed by atoms with Crippen molar-refractivity contribution in [1.29, 1.82) is 0 Å². The number of carboxylic acids is 1. The van der Waals surface area contributed by atoms with Gasteiger partial charge in [0.2, 0.25) is 0 Å². The number of cyclic esters (lactones) is 1. The first kappa shape index (κ1) is 20.4. The molecule has 1 amide bonds. The Morgan fingerprint density at radius 3 is 2.78 bits per heavy atom. The molecule has 1 heterocycles. The fraction of sp³-hybridized carbons (Fsp3) is 0.350. The van der Waals surface area contributed by atoms with Crippen LogP contribution in [0.3, 0.4) is 0 Å². The van der Waals surface area contributed by atoms with Crippen LogP contribution in [0.5, 0.6) is 0 Å². The average Bonchev–Trinajstić information content (AvgIpc) is 2.65. The summed E-state index contributed by atoms with van der Waals surface area (Å²) in [5.41, 5.74) is 0.941. The van der Waals surface area contributed by atoms with E-state index in [4.69, 9.17) is 14.6 Å². The normalized spacial score (nSPS) is 17.4. The number of aliphatic carboxylic acids is 1. The number of carbonyl (C=O) groups is 3. The van der Waals surface area contributed by atoms with Gasteiger partial charge in [0, 0.05) is 19.4 Å². The van der Waals surface area contributed by atoms with E-state index in [0.717, 1.165) is 5.56 Å². The van der Waals surface area contributed by atoms with Crippen LogP contribution >= 0.6 is 0 Å². The van der Waals surface area contributed by atoms with Crippen molar-refractivity contribution in [3.63, 3.8) is 0 Å². The van der Waals surface area contributed by atoms with Gasteiger partial charge in [-0.1, -0.05) is 48.6 Å². The Kier molecular flexibility index (Phi) is 8.25. The van der Waals surface area contributed by atoms with Gasteiger partial charge in [-0.3, -0.25) is 9.69 Å². The lowest BCUT2D eigenvalue weighted by Gasteiger charge is -2.32. The molecular weight excluding hydrogens is 350 g/mol. The molecule has 7 heteroatoms. The quantitative estimate of drug-likeness (QED) is 0.384. The molecule has 1 atom stereocenters. The van der Waals surface area contributed by atoms with E-state index in [1.54, 1.807) is 18.2 Å². The Bertz CT molecular complexity index is 698. The van der Waals surface area contributed by atoms with Crippen LogP contribution in [0.1, 0.15) is 12.0 Å². The number of ketones is 1. The summed E-state index contributed by atoms with van der Waals surface area (Å²) < 4.78 is 9.95. The van der Waals surface area contributed by atoms with Crippen LogP contribution in [-0.2, 0) is 25.5 Å². The number of rotatable bonds is 10. The Morgan fingerprint density at radius 2 is 2.04 bits per heavy atom. The van der Waals surface area contributed by atoms with Crippen molar-refractivity contribution in [3.05, 3.63) is 60.2 Å². The maximum Gasteiger partial charge on any atom is 0.410 e. The molecule has 27 heavy (non-hydrogen) atoms. The standard InChI is InChI=1S/C20H23NO6/c22-18(14-16-6-2-1-3-7-16)9-8-17-10-13-27-20(25)21(17)11-4-5-12-26-15-19(23)24/h1-9,17H,10-15H2,(H,23,24)/b5-4-,9-8+/t17-/m0/s1. The highest BCUT2D eigenvalue weighted by Gasteiger charge is 2.26. The zero-order valence-electron chi connectivity index (χ0n) is 15.0. The number of nitrogens with zero attached hydrogens (tertiary/aromatic N) is 1. The van der Waals surface area contributed by atoms with Crippen molar-refractivity contribution >= 4 is 17.8 Å². The third-order valence-corrected chi connectivity index (χ3v) is 3.91. The van der Waals surface area contributed by atoms with Crippen LogP contribution < -0.4 is 0 Å². The van der Waals surface area contributed by atoms with Crippen LogP contribution in [-0.4, -0.2) is 60.3 Å². The second-order valence-corrected chi connectivity index (χ2v) is 5.99. The number of ether oxygens (including phenoxy) is 2. The average molecular weight is 373 g/mol. The van der Waals surface area contributed by atoms with Crippen LogP contribution in [0, 0.1) is 0 Å². The predicted octanol–water partition coefficient (Wildman–Crippen LogP) is 2.22. The highest BCUT2D eigenvalue weighted by atomic mass is 16.6. The molecule has 0 unspecified atom stereocenters. The Hall–Kier alpha value is -2.93. The lowest BCUT2D eigenvalue weighted by Crippen LogP contribution is -2.44. The Balaban J connectivity index is 1.86. The van der Waals surface area contributed by atoms with Gasteiger partial charge >= 0.3 is 12.1 Å². The third kappa shape index (κ3) is 7.45. The highest BCUT2D eigenvalue weighted by Crippen LogP contribution is 2.15. The first-order valence-electron chi connectivity index (χ1n) is 8.69. The van der Waals surface area contributed by atoms with E-state index in [0.29, 0.717) is 19.4 Å². The molecule has 1 saturated heterocycles. The van der Waals surface area contributed by atoms with Gasteiger partial charge in [0.05, 0.1) is 19.3 Å². The third-order valence-electron chi connectivity index (χ3n) is 3.91. The molecule has 0 bridgehead atoms. The number of hydrogen-bond acceptors (Lipinski definition) is 5. The summed E-state index contributed by atoms with van der Waals surface area (Å²) >= 11 is 0. The minimum atomic E-state index is -1.03. The van der Waals surface area contributed by atoms with Gasteiger partial charge in [0.15, 0.2) is 5.78 Å². The van der Waals surface area contributed by atoms with E-state index in [9.17, 15) is 14.4 Å². The molecular formula is C20H23NO6. The summed E-state index contributed by atoms with van der Waals surface area (Å²) in [7, 11) is 0. The molecule has 144 valence electrons. The van der Waals surface area contributed by atoms with Crippen LogP contribution in [0.15, 0.2) is 54.6 Å². The molecule has 0 radical (unpaired) electrons. The van der Waals surface area contributed by atoms with Crippen LogP contribution in [0.2, 0.25) is 0 Å². The SMILES string of the molecule is O=C(O)COC/C=C\CN1C(=O)OCC[C@@H]1/C=C/C(=O)Cc1ccccc1. The molecule has 1 aliphatic heterocycles. The Labute approximate surface area is 157 Å². The molecule has 1 N–H and O–H groups in total. The zero-order valence-corrected chi connectivity index (χ0v) is 15.0. The lowest BCUT2D eigenvalue weighted by molar-refractivity contribution is -0.141. The van der Waals surface area contributed by atoms with E-state index in [1.807, 2.05) is 30.3 Å². The number of amides is 1. The second kappa shape index (κ2) is 10.9. The summed E-state index contributed by atoms with van der Waals surface area (Å²) in [6.07, 6.45) is 7.08. The predicted molar refractivity (Wildman–Crippen MR) is 98.3 cm³/mol. The van der Waals surface area contributed by atoms with Gasteiger partial charge in [-0.05, 0) is 11.6 Å². The van der Waals surface area contributed by atoms with E-state index in [2.05, 4.69) is 0 Å². The molecule has 0 spiro atoms. The van der Waals surface area contributed by atoms with E-state index in [1.165, 1.54) is 11.0 Å². The largest absolute Gasteiger partial charge is 0.480 e. The smallest absolute Gasteiger partial charge is 0.410 e. The van der Waals surface area contributed by atoms with Gasteiger partial charge in [-0.25, -0.2) is 9.59 Å². The zero-order chi connectivity index (χ0) is 19.5. The summed E-state index contributed by atoms with van der Waals surface area (Å²) in [6.45, 7) is 0.371. The molecule has 1 aromatic carbocycles. The number of allylic oxidation sites excluding steroid dienone is 1. The number of carboxylic acid groups (broad SMARTS) is 1. The number of benzene rings is 1. The first-order valence-corrected chi connectivity index (χ1v) is 8.69. The summed E-state index contributed by atoms with van der Waals surface area (Å²) in [5, 5.41) is 8.49. The molecule has 0 saturated carbocycles. The number of hydrogen-bond donors (Lipinski definition) is 1. The molecule has 2 rings (SSSR count). The number of carbonyl (C=O) groups excluding carboxylic acids is 2. The highest BCUT2D eigenvalue weighted by molar-refractivity contribution is 5.91. The Morgan fingerprint density at radius 1 is 1.26 bits per heavy atom.